The van der Waals surface area contributed by atoms with Gasteiger partial charge in [0.05, 0.1) is 34.9 Å². The van der Waals surface area contributed by atoms with Crippen LogP contribution < -0.4 is 21.3 Å². The molecule has 0 radical (unpaired) electrons. The first kappa shape index (κ1) is 59.3. The highest BCUT2D eigenvalue weighted by atomic mass is 32.2. The third-order valence-corrected chi connectivity index (χ3v) is 17.0. The summed E-state index contributed by atoms with van der Waals surface area (Å²) in [4.78, 5) is 68.5. The molecule has 0 aliphatic rings. The maximum absolute atomic E-state index is 14.7. The van der Waals surface area contributed by atoms with Gasteiger partial charge in [0.25, 0.3) is 0 Å². The van der Waals surface area contributed by atoms with Crippen LogP contribution in [0.2, 0.25) is 0 Å². The SMILES string of the molecule is COC(=O)CNC(=O)[C@H](NC(=O)[C@@H](CSC(c1ccccc1)(c1ccccc1)c1ccccc1)NC(=O)[C@@H](CCS(C)(=O)=O)NC(=O)C[C@H](O)C=CCCSC(c1ccccc1)(c1ccccc1)c1ccccc1)C(C)C. The lowest BCUT2D eigenvalue weighted by molar-refractivity contribution is -0.141. The lowest BCUT2D eigenvalue weighted by atomic mass is 9.84. The van der Waals surface area contributed by atoms with E-state index in [1.165, 1.54) is 24.9 Å². The fourth-order valence-electron chi connectivity index (χ4n) is 8.98. The number of allylic oxidation sites excluding steroid dienone is 1. The van der Waals surface area contributed by atoms with Crippen LogP contribution in [0.25, 0.3) is 0 Å². The Labute approximate surface area is 461 Å². The highest BCUT2D eigenvalue weighted by molar-refractivity contribution is 8.01. The number of aliphatic hydroxyl groups is 1. The van der Waals surface area contributed by atoms with E-state index in [4.69, 9.17) is 0 Å². The van der Waals surface area contributed by atoms with Crippen molar-refractivity contribution in [1.82, 2.24) is 21.3 Å². The van der Waals surface area contributed by atoms with Gasteiger partial charge in [-0.2, -0.15) is 0 Å². The van der Waals surface area contributed by atoms with E-state index in [0.29, 0.717) is 12.2 Å². The van der Waals surface area contributed by atoms with Crippen molar-refractivity contribution in [2.45, 2.75) is 66.8 Å². The molecular formula is C61H68N4O9S3. The van der Waals surface area contributed by atoms with Crippen molar-refractivity contribution >= 4 is 63.0 Å². The molecule has 0 spiro atoms. The lowest BCUT2D eigenvalue weighted by Gasteiger charge is -2.37. The molecule has 0 aliphatic heterocycles. The second kappa shape index (κ2) is 29.0. The van der Waals surface area contributed by atoms with Gasteiger partial charge in [0.15, 0.2) is 0 Å². The minimum Gasteiger partial charge on any atom is -0.468 e. The molecule has 6 aromatic carbocycles. The lowest BCUT2D eigenvalue weighted by Crippen LogP contribution is -2.59. The van der Waals surface area contributed by atoms with Crippen LogP contribution in [0.4, 0.5) is 0 Å². The Balaban J connectivity index is 1.23. The number of ether oxygens (including phenoxy) is 1. The smallest absolute Gasteiger partial charge is 0.325 e. The van der Waals surface area contributed by atoms with E-state index < -0.39 is 97.8 Å². The average molecular weight is 1100 g/mol. The molecular weight excluding hydrogens is 1030 g/mol. The molecule has 0 bridgehead atoms. The second-order valence-corrected chi connectivity index (χ2v) is 23.6. The minimum absolute atomic E-state index is 0.0947. The molecule has 5 N–H and O–H groups in total. The van der Waals surface area contributed by atoms with Gasteiger partial charge >= 0.3 is 5.97 Å². The Morgan fingerprint density at radius 3 is 1.38 bits per heavy atom. The summed E-state index contributed by atoms with van der Waals surface area (Å²) in [6, 6.07) is 55.9. The number of nitrogens with one attached hydrogen (secondary N) is 4. The first-order valence-electron chi connectivity index (χ1n) is 25.5. The normalized spacial score (nSPS) is 13.4. The number of methoxy groups -OCH3 is 1. The predicted molar refractivity (Wildman–Crippen MR) is 308 cm³/mol. The number of thioether (sulfide) groups is 2. The molecule has 0 fully saturated rings. The number of carbonyl (C=O) groups is 5. The molecule has 0 aliphatic carbocycles. The van der Waals surface area contributed by atoms with E-state index in [2.05, 4.69) is 62.4 Å². The largest absolute Gasteiger partial charge is 0.468 e. The van der Waals surface area contributed by atoms with Gasteiger partial charge in [0.1, 0.15) is 34.5 Å². The van der Waals surface area contributed by atoms with E-state index in [0.717, 1.165) is 39.6 Å². The van der Waals surface area contributed by atoms with Crippen LogP contribution in [0.3, 0.4) is 0 Å². The summed E-state index contributed by atoms with van der Waals surface area (Å²) < 4.78 is 28.3. The van der Waals surface area contributed by atoms with Gasteiger partial charge in [-0.05, 0) is 57.9 Å². The van der Waals surface area contributed by atoms with Crippen molar-refractivity contribution in [3.8, 4) is 0 Å². The third-order valence-electron chi connectivity index (χ3n) is 12.8. The van der Waals surface area contributed by atoms with Crippen molar-refractivity contribution in [2.24, 2.45) is 5.92 Å². The standard InChI is InChI=1S/C61H68N4O9S3/c1-44(2)56(59(71)62-42-55(68)74-3)65-58(70)53(43-76-61(48-31-17-8-18-32-48,49-33-19-9-20-34-49)50-35-21-10-22-36-50)64-57(69)52(38-40-77(4,72)73)63-54(67)41-51(66)37-23-24-39-75-60(45-25-11-5-12-26-45,46-27-13-6-14-28-46)47-29-15-7-16-30-47/h5-23,25-37,44,51-53,56,66H,24,38-43H2,1-4H3,(H,62,71)(H,63,67)(H,64,69)(H,65,70)/t51-,52-,53-,56-/m1/s1. The number of benzene rings is 6. The minimum atomic E-state index is -3.66. The molecule has 13 nitrogen and oxygen atoms in total. The van der Waals surface area contributed by atoms with Crippen molar-refractivity contribution in [1.29, 1.82) is 0 Å². The second-order valence-electron chi connectivity index (χ2n) is 18.8. The summed E-state index contributed by atoms with van der Waals surface area (Å²) in [5.74, 6) is -4.10. The number of sulfone groups is 1. The Morgan fingerprint density at radius 2 is 0.987 bits per heavy atom. The van der Waals surface area contributed by atoms with Crippen LogP contribution in [0.15, 0.2) is 194 Å². The zero-order valence-electron chi connectivity index (χ0n) is 43.7. The molecule has 0 saturated carbocycles. The average Bonchev–Trinajstić information content (AvgIpc) is 3.47. The summed E-state index contributed by atoms with van der Waals surface area (Å²) in [5, 5.41) is 21.9. The molecule has 6 aromatic rings. The van der Waals surface area contributed by atoms with Gasteiger partial charge in [-0.25, -0.2) is 8.42 Å². The van der Waals surface area contributed by atoms with Crippen LogP contribution in [0, 0.1) is 5.92 Å². The van der Waals surface area contributed by atoms with E-state index in [1.807, 2.05) is 152 Å². The van der Waals surface area contributed by atoms with Crippen LogP contribution in [-0.2, 0) is 48.0 Å². The zero-order chi connectivity index (χ0) is 55.3. The monoisotopic (exact) mass is 1100 g/mol. The number of carbonyl (C=O) groups excluding carboxylic acids is 5. The topological polar surface area (TPSA) is 197 Å². The number of amides is 4. The molecule has 0 saturated heterocycles. The fraction of sp³-hybridized carbons (Fsp3) is 0.295. The third kappa shape index (κ3) is 16.5. The van der Waals surface area contributed by atoms with Gasteiger partial charge in [-0.1, -0.05) is 208 Å². The van der Waals surface area contributed by atoms with Gasteiger partial charge in [0.2, 0.25) is 23.6 Å². The van der Waals surface area contributed by atoms with Crippen molar-refractivity contribution in [3.63, 3.8) is 0 Å². The first-order chi connectivity index (χ1) is 37.1. The Morgan fingerprint density at radius 1 is 0.584 bits per heavy atom. The van der Waals surface area contributed by atoms with Crippen molar-refractivity contribution in [3.05, 3.63) is 228 Å². The Bertz CT molecular complexity index is 2780. The maximum atomic E-state index is 14.7. The van der Waals surface area contributed by atoms with Crippen LogP contribution in [-0.4, -0.2) is 105 Å². The van der Waals surface area contributed by atoms with E-state index in [9.17, 15) is 37.5 Å². The predicted octanol–water partition coefficient (Wildman–Crippen LogP) is 7.97. The number of rotatable bonds is 28. The molecule has 4 atom stereocenters. The Hall–Kier alpha value is -6.98. The van der Waals surface area contributed by atoms with Crippen molar-refractivity contribution < 1.29 is 42.2 Å². The van der Waals surface area contributed by atoms with Gasteiger partial charge in [-0.15, -0.1) is 23.5 Å². The molecule has 77 heavy (non-hydrogen) atoms. The quantitative estimate of drug-likeness (QED) is 0.0138. The summed E-state index contributed by atoms with van der Waals surface area (Å²) >= 11 is 3.12. The maximum Gasteiger partial charge on any atom is 0.325 e. The zero-order valence-corrected chi connectivity index (χ0v) is 46.2. The molecule has 404 valence electrons. The number of esters is 1. The summed E-state index contributed by atoms with van der Waals surface area (Å²) in [5.41, 5.74) is 5.96. The van der Waals surface area contributed by atoms with Crippen molar-refractivity contribution in [2.75, 3.05) is 37.2 Å². The molecule has 0 unspecified atom stereocenters. The summed E-state index contributed by atoms with van der Waals surface area (Å²) in [6.45, 7) is 2.98. The first-order valence-corrected chi connectivity index (χ1v) is 29.5. The highest BCUT2D eigenvalue weighted by Crippen LogP contribution is 2.50. The van der Waals surface area contributed by atoms with Gasteiger partial charge in [-0.3, -0.25) is 24.0 Å². The van der Waals surface area contributed by atoms with E-state index in [1.54, 1.807) is 25.6 Å². The molecule has 0 heterocycles. The van der Waals surface area contributed by atoms with E-state index >= 15 is 0 Å². The molecule has 16 heteroatoms. The van der Waals surface area contributed by atoms with Gasteiger partial charge < -0.3 is 31.1 Å². The highest BCUT2D eigenvalue weighted by Gasteiger charge is 2.40. The number of aliphatic hydroxyl groups excluding tert-OH is 1. The number of hydrogen-bond donors (Lipinski definition) is 5. The van der Waals surface area contributed by atoms with E-state index in [-0.39, 0.29) is 12.2 Å². The Kier molecular flexibility index (Phi) is 22.3. The van der Waals surface area contributed by atoms with Crippen LogP contribution in [0.1, 0.15) is 66.5 Å². The summed E-state index contributed by atoms with van der Waals surface area (Å²) in [7, 11) is -2.48. The molecule has 4 amide bonds. The summed E-state index contributed by atoms with van der Waals surface area (Å²) in [6.07, 6.45) is 2.85. The molecule has 6 rings (SSSR count). The fourth-order valence-corrected chi connectivity index (χ4v) is 12.7. The number of hydrogen-bond acceptors (Lipinski definition) is 11. The molecule has 0 aromatic heterocycles. The van der Waals surface area contributed by atoms with Gasteiger partial charge in [0, 0.05) is 12.0 Å². The van der Waals surface area contributed by atoms with Crippen LogP contribution in [0.5, 0.6) is 0 Å². The van der Waals surface area contributed by atoms with Crippen LogP contribution >= 0.6 is 23.5 Å².